The van der Waals surface area contributed by atoms with Crippen molar-refractivity contribution < 1.29 is 14.0 Å². The minimum Gasteiger partial charge on any atom is -0.341 e. The molecule has 0 spiro atoms. The lowest BCUT2D eigenvalue weighted by atomic mass is 9.79. The van der Waals surface area contributed by atoms with Crippen LogP contribution in [0.25, 0.3) is 16.6 Å². The summed E-state index contributed by atoms with van der Waals surface area (Å²) in [5.41, 5.74) is 4.37. The van der Waals surface area contributed by atoms with Crippen LogP contribution in [0.15, 0.2) is 36.8 Å². The van der Waals surface area contributed by atoms with Crippen LogP contribution in [0.1, 0.15) is 61.5 Å². The van der Waals surface area contributed by atoms with Gasteiger partial charge in [-0.1, -0.05) is 0 Å². The first-order chi connectivity index (χ1) is 22.4. The van der Waals surface area contributed by atoms with Crippen LogP contribution in [-0.4, -0.2) is 111 Å². The summed E-state index contributed by atoms with van der Waals surface area (Å²) in [6, 6.07) is 5.17. The topological polar surface area (TPSA) is 64.9 Å². The Balaban J connectivity index is 1.00. The molecule has 3 atom stereocenters. The number of pyridine rings is 1. The maximum absolute atomic E-state index is 14.5. The van der Waals surface area contributed by atoms with Gasteiger partial charge >= 0.3 is 0 Å². The minimum absolute atomic E-state index is 0.00390. The molecule has 4 aliphatic rings. The van der Waals surface area contributed by atoms with E-state index in [0.29, 0.717) is 29.1 Å². The van der Waals surface area contributed by atoms with E-state index < -0.39 is 5.82 Å². The van der Waals surface area contributed by atoms with Crippen LogP contribution in [0.5, 0.6) is 0 Å². The van der Waals surface area contributed by atoms with Crippen molar-refractivity contribution in [3.63, 3.8) is 0 Å². The molecule has 47 heavy (non-hydrogen) atoms. The molecule has 0 radical (unpaired) electrons. The molecular formula is C37H49FN6O2S. The smallest absolute Gasteiger partial charge is 0.256 e. The normalized spacial score (nSPS) is 28.0. The van der Waals surface area contributed by atoms with Gasteiger partial charge in [-0.2, -0.15) is 12.6 Å². The van der Waals surface area contributed by atoms with Crippen LogP contribution >= 0.6 is 12.6 Å². The SMILES string of the molecule is CC(=O)N1CC2CN(C3CC(CN4CC[C@H](Cc5cn(-c6ccc(F)cc6C(=O)N(C)C(C)C)c6cncc(C)c56)C4)C3)C[C@@]2(S)C1. The predicted octanol–water partition coefficient (Wildman–Crippen LogP) is 5.06. The average Bonchev–Trinajstić information content (AvgIpc) is 3.75. The van der Waals surface area contributed by atoms with E-state index in [1.807, 2.05) is 35.7 Å². The van der Waals surface area contributed by atoms with Gasteiger partial charge in [-0.25, -0.2) is 4.39 Å². The van der Waals surface area contributed by atoms with Gasteiger partial charge in [0.05, 0.1) is 23.0 Å². The second-order valence-corrected chi connectivity index (χ2v) is 16.2. The number of likely N-dealkylation sites (tertiary alicyclic amines) is 3. The van der Waals surface area contributed by atoms with Crippen molar-refractivity contribution >= 4 is 35.3 Å². The third kappa shape index (κ3) is 6.10. The highest BCUT2D eigenvalue weighted by molar-refractivity contribution is 7.82. The van der Waals surface area contributed by atoms with Gasteiger partial charge in [0.1, 0.15) is 5.82 Å². The van der Waals surface area contributed by atoms with Gasteiger partial charge in [0.25, 0.3) is 5.91 Å². The second kappa shape index (κ2) is 12.5. The number of rotatable bonds is 8. The number of hydrogen-bond donors (Lipinski definition) is 1. The Labute approximate surface area is 283 Å². The Morgan fingerprint density at radius 1 is 1.13 bits per heavy atom. The molecule has 252 valence electrons. The Morgan fingerprint density at radius 3 is 2.64 bits per heavy atom. The molecule has 10 heteroatoms. The van der Waals surface area contributed by atoms with Crippen molar-refractivity contribution in [1.29, 1.82) is 0 Å². The van der Waals surface area contributed by atoms with E-state index in [9.17, 15) is 14.0 Å². The first-order valence-corrected chi connectivity index (χ1v) is 17.8. The Hall–Kier alpha value is -2.95. The lowest BCUT2D eigenvalue weighted by Crippen LogP contribution is -2.49. The minimum atomic E-state index is -0.418. The number of carbonyl (C=O) groups excluding carboxylic acids is 2. The molecule has 1 aromatic carbocycles. The van der Waals surface area contributed by atoms with Crippen LogP contribution < -0.4 is 0 Å². The molecule has 7 rings (SSSR count). The third-order valence-electron chi connectivity index (χ3n) is 11.7. The summed E-state index contributed by atoms with van der Waals surface area (Å²) >= 11 is 5.08. The zero-order valence-electron chi connectivity index (χ0n) is 28.5. The first kappa shape index (κ1) is 32.6. The van der Waals surface area contributed by atoms with E-state index in [4.69, 9.17) is 12.6 Å². The Kier molecular flexibility index (Phi) is 8.66. The molecule has 3 saturated heterocycles. The van der Waals surface area contributed by atoms with E-state index in [1.165, 1.54) is 48.9 Å². The van der Waals surface area contributed by atoms with E-state index in [2.05, 4.69) is 27.9 Å². The number of aryl methyl sites for hydroxylation is 1. The number of amides is 2. The molecule has 1 saturated carbocycles. The van der Waals surface area contributed by atoms with Crippen LogP contribution in [0.4, 0.5) is 4.39 Å². The highest BCUT2D eigenvalue weighted by atomic mass is 32.1. The maximum Gasteiger partial charge on any atom is 0.256 e. The highest BCUT2D eigenvalue weighted by Gasteiger charge is 2.53. The molecule has 0 N–H and O–H groups in total. The van der Waals surface area contributed by atoms with E-state index in [-0.39, 0.29) is 22.6 Å². The van der Waals surface area contributed by atoms with E-state index >= 15 is 0 Å². The number of halogens is 1. The summed E-state index contributed by atoms with van der Waals surface area (Å²) in [5, 5.41) is 1.18. The molecular weight excluding hydrogens is 612 g/mol. The highest BCUT2D eigenvalue weighted by Crippen LogP contribution is 2.44. The van der Waals surface area contributed by atoms with Crippen LogP contribution in [0, 0.1) is 30.5 Å². The molecule has 1 aliphatic carbocycles. The van der Waals surface area contributed by atoms with Crippen molar-refractivity contribution in [1.82, 2.24) is 29.2 Å². The van der Waals surface area contributed by atoms with Crippen molar-refractivity contribution in [3.8, 4) is 5.69 Å². The monoisotopic (exact) mass is 660 g/mol. The molecule has 5 heterocycles. The summed E-state index contributed by atoms with van der Waals surface area (Å²) in [6.45, 7) is 14.8. The quantitative estimate of drug-likeness (QED) is 0.343. The zero-order valence-corrected chi connectivity index (χ0v) is 29.3. The Bertz CT molecular complexity index is 1690. The number of thiol groups is 1. The third-order valence-corrected chi connectivity index (χ3v) is 12.3. The number of carbonyl (C=O) groups is 2. The van der Waals surface area contributed by atoms with Crippen molar-refractivity contribution in [3.05, 3.63) is 59.3 Å². The summed E-state index contributed by atoms with van der Waals surface area (Å²) in [6.07, 6.45) is 10.6. The molecule has 0 bridgehead atoms. The van der Waals surface area contributed by atoms with Gasteiger partial charge in [-0.05, 0) is 94.2 Å². The zero-order chi connectivity index (χ0) is 33.2. The number of fused-ring (bicyclic) bond motifs is 2. The molecule has 4 fully saturated rings. The fourth-order valence-electron chi connectivity index (χ4n) is 8.76. The molecule has 2 amide bonds. The summed E-state index contributed by atoms with van der Waals surface area (Å²) in [7, 11) is 1.76. The number of hydrogen-bond acceptors (Lipinski definition) is 6. The molecule has 1 unspecified atom stereocenters. The maximum atomic E-state index is 14.5. The Morgan fingerprint density at radius 2 is 1.91 bits per heavy atom. The van der Waals surface area contributed by atoms with Crippen LogP contribution in [0.2, 0.25) is 0 Å². The van der Waals surface area contributed by atoms with Gasteiger partial charge < -0.3 is 19.3 Å². The summed E-state index contributed by atoms with van der Waals surface area (Å²) in [5.74, 6) is 1.35. The van der Waals surface area contributed by atoms with E-state index in [0.717, 1.165) is 62.7 Å². The molecule has 3 aliphatic heterocycles. The van der Waals surface area contributed by atoms with Crippen molar-refractivity contribution in [2.45, 2.75) is 70.2 Å². The molecule has 3 aromatic rings. The van der Waals surface area contributed by atoms with Gasteiger partial charge in [0.15, 0.2) is 0 Å². The van der Waals surface area contributed by atoms with Crippen molar-refractivity contribution in [2.75, 3.05) is 52.9 Å². The largest absolute Gasteiger partial charge is 0.341 e. The molecule has 8 nitrogen and oxygen atoms in total. The average molecular weight is 661 g/mol. The number of benzene rings is 1. The van der Waals surface area contributed by atoms with Gasteiger partial charge in [-0.3, -0.25) is 19.5 Å². The van der Waals surface area contributed by atoms with Crippen LogP contribution in [0.3, 0.4) is 0 Å². The van der Waals surface area contributed by atoms with Gasteiger partial charge in [-0.15, -0.1) is 0 Å². The number of aromatic nitrogens is 2. The number of nitrogens with zero attached hydrogens (tertiary/aromatic N) is 6. The van der Waals surface area contributed by atoms with E-state index in [1.54, 1.807) is 24.9 Å². The lowest BCUT2D eigenvalue weighted by Gasteiger charge is -2.43. The predicted molar refractivity (Wildman–Crippen MR) is 187 cm³/mol. The van der Waals surface area contributed by atoms with Crippen LogP contribution in [-0.2, 0) is 11.2 Å². The first-order valence-electron chi connectivity index (χ1n) is 17.4. The fourth-order valence-corrected chi connectivity index (χ4v) is 9.28. The van der Waals surface area contributed by atoms with Crippen molar-refractivity contribution in [2.24, 2.45) is 17.8 Å². The standard InChI is InChI=1S/C37H49FN6O2S/c1-23(2)40(5)36(46)32-13-30(38)6-7-33(32)44-18-28(35-24(3)14-39-15-34(35)44)10-26-8-9-41(16-26)17-27-11-31(12-27)43-20-29-19-42(25(4)45)21-37(29,47)22-43/h6-7,13-15,18,23,26-27,29,31,47H,8-12,16-17,19-22H2,1-5H3/t26-,27?,29?,31?,37+/m1/s1. The lowest BCUT2D eigenvalue weighted by molar-refractivity contribution is -0.128. The van der Waals surface area contributed by atoms with Gasteiger partial charge in [0, 0.05) is 93.8 Å². The summed E-state index contributed by atoms with van der Waals surface area (Å²) < 4.78 is 16.5. The summed E-state index contributed by atoms with van der Waals surface area (Å²) in [4.78, 5) is 38.8. The molecule has 2 aromatic heterocycles. The second-order valence-electron chi connectivity index (χ2n) is 15.3. The fraction of sp³-hybridized carbons (Fsp3) is 0.595. The van der Waals surface area contributed by atoms with Gasteiger partial charge in [0.2, 0.25) is 5.91 Å².